The van der Waals surface area contributed by atoms with Crippen molar-refractivity contribution in [3.8, 4) is 0 Å². The molecule has 0 radical (unpaired) electrons. The van der Waals surface area contributed by atoms with Crippen LogP contribution in [-0.4, -0.2) is 25.1 Å². The van der Waals surface area contributed by atoms with Gasteiger partial charge >= 0.3 is 0 Å². The monoisotopic (exact) mass is 337 g/mol. The number of nitrogens with one attached hydrogen (secondary N) is 1. The highest BCUT2D eigenvalue weighted by molar-refractivity contribution is 5.79. The van der Waals surface area contributed by atoms with Crippen LogP contribution < -0.4 is 5.32 Å². The number of fused-ring (bicyclic) bond motifs is 2. The minimum absolute atomic E-state index is 0.0319. The molecule has 1 N–H and O–H groups in total. The van der Waals surface area contributed by atoms with Crippen LogP contribution in [0, 0.1) is 13.8 Å². The van der Waals surface area contributed by atoms with Crippen LogP contribution in [0.3, 0.4) is 0 Å². The van der Waals surface area contributed by atoms with Crippen LogP contribution in [0.25, 0.3) is 5.65 Å². The first-order valence-corrected chi connectivity index (χ1v) is 8.78. The van der Waals surface area contributed by atoms with Crippen molar-refractivity contribution in [2.24, 2.45) is 7.05 Å². The lowest BCUT2D eigenvalue weighted by atomic mass is 9.91. The summed E-state index contributed by atoms with van der Waals surface area (Å²) in [6, 6.07) is 4.07. The van der Waals surface area contributed by atoms with Gasteiger partial charge in [-0.15, -0.1) is 0 Å². The molecule has 1 atom stereocenters. The van der Waals surface area contributed by atoms with E-state index in [4.69, 9.17) is 0 Å². The molecule has 0 bridgehead atoms. The predicted molar refractivity (Wildman–Crippen MR) is 95.4 cm³/mol. The van der Waals surface area contributed by atoms with Crippen molar-refractivity contribution >= 4 is 11.6 Å². The number of hydrogen-bond acceptors (Lipinski definition) is 3. The number of pyridine rings is 1. The highest BCUT2D eigenvalue weighted by Crippen LogP contribution is 2.31. The van der Waals surface area contributed by atoms with E-state index in [1.165, 1.54) is 11.3 Å². The zero-order valence-corrected chi connectivity index (χ0v) is 14.9. The van der Waals surface area contributed by atoms with Gasteiger partial charge in [-0.25, -0.2) is 4.98 Å². The third kappa shape index (κ3) is 2.71. The van der Waals surface area contributed by atoms with Crippen LogP contribution in [0.15, 0.2) is 24.5 Å². The molecule has 6 heteroatoms. The normalized spacial score (nSPS) is 16.8. The molecule has 6 nitrogen and oxygen atoms in total. The molecule has 3 aromatic heterocycles. The summed E-state index contributed by atoms with van der Waals surface area (Å²) in [5.74, 6) is 0.0319. The number of rotatable bonds is 3. The molecule has 0 saturated carbocycles. The molecule has 1 unspecified atom stereocenters. The lowest BCUT2D eigenvalue weighted by Crippen LogP contribution is -2.32. The Morgan fingerprint density at radius 1 is 1.40 bits per heavy atom. The van der Waals surface area contributed by atoms with Gasteiger partial charge in [0.25, 0.3) is 0 Å². The highest BCUT2D eigenvalue weighted by atomic mass is 16.1. The van der Waals surface area contributed by atoms with Gasteiger partial charge < -0.3 is 9.72 Å². The van der Waals surface area contributed by atoms with Crippen LogP contribution in [0.1, 0.15) is 47.1 Å². The average Bonchev–Trinajstić information content (AvgIpc) is 3.11. The summed E-state index contributed by atoms with van der Waals surface area (Å²) in [5.41, 5.74) is 6.41. The van der Waals surface area contributed by atoms with Gasteiger partial charge in [0.1, 0.15) is 5.65 Å². The summed E-state index contributed by atoms with van der Waals surface area (Å²) in [5, 5.41) is 7.74. The minimum atomic E-state index is 0.0319. The van der Waals surface area contributed by atoms with Crippen molar-refractivity contribution in [2.45, 2.75) is 45.6 Å². The first-order chi connectivity index (χ1) is 12.0. The van der Waals surface area contributed by atoms with Gasteiger partial charge in [0.15, 0.2) is 0 Å². The standard InChI is InChI=1S/C19H23N5O/c1-12-6-5-9-24-14(11-20-19(12)24)10-17(25)21-15-7-4-8-16-18(15)13(2)22-23(16)3/h5-6,9,11,15H,4,7-8,10H2,1-3H3,(H,21,25). The van der Waals surface area contributed by atoms with E-state index < -0.39 is 0 Å². The molecule has 0 spiro atoms. The highest BCUT2D eigenvalue weighted by Gasteiger charge is 2.27. The maximum Gasteiger partial charge on any atom is 0.226 e. The van der Waals surface area contributed by atoms with Gasteiger partial charge in [-0.2, -0.15) is 5.10 Å². The largest absolute Gasteiger partial charge is 0.349 e. The van der Waals surface area contributed by atoms with Crippen LogP contribution in [0.5, 0.6) is 0 Å². The van der Waals surface area contributed by atoms with Crippen LogP contribution in [0.2, 0.25) is 0 Å². The van der Waals surface area contributed by atoms with Crippen molar-refractivity contribution in [1.82, 2.24) is 24.5 Å². The molecule has 1 aliphatic carbocycles. The fourth-order valence-corrected chi connectivity index (χ4v) is 3.98. The lowest BCUT2D eigenvalue weighted by Gasteiger charge is -2.24. The molecular formula is C19H23N5O. The molecule has 25 heavy (non-hydrogen) atoms. The number of amides is 1. The Labute approximate surface area is 146 Å². The summed E-state index contributed by atoms with van der Waals surface area (Å²) in [6.45, 7) is 4.05. The average molecular weight is 337 g/mol. The predicted octanol–water partition coefficient (Wildman–Crippen LogP) is 2.42. The fraction of sp³-hybridized carbons (Fsp3) is 0.421. The summed E-state index contributed by atoms with van der Waals surface area (Å²) in [7, 11) is 1.98. The maximum absolute atomic E-state index is 12.7. The Hall–Kier alpha value is -2.63. The van der Waals surface area contributed by atoms with Crippen molar-refractivity contribution < 1.29 is 4.79 Å². The second-order valence-corrected chi connectivity index (χ2v) is 6.89. The lowest BCUT2D eigenvalue weighted by molar-refractivity contribution is -0.121. The Bertz CT molecular complexity index is 952. The molecule has 3 aromatic rings. The van der Waals surface area contributed by atoms with E-state index in [1.807, 2.05) is 48.3 Å². The maximum atomic E-state index is 12.7. The van der Waals surface area contributed by atoms with Crippen LogP contribution in [0.4, 0.5) is 0 Å². The topological polar surface area (TPSA) is 64.2 Å². The van der Waals surface area contributed by atoms with Gasteiger partial charge in [0.05, 0.1) is 23.9 Å². The van der Waals surface area contributed by atoms with E-state index in [2.05, 4.69) is 15.4 Å². The smallest absolute Gasteiger partial charge is 0.226 e. The molecule has 1 aliphatic rings. The Kier molecular flexibility index (Phi) is 3.82. The quantitative estimate of drug-likeness (QED) is 0.798. The number of hydrogen-bond donors (Lipinski definition) is 1. The van der Waals surface area contributed by atoms with Crippen molar-refractivity contribution in [2.75, 3.05) is 0 Å². The van der Waals surface area contributed by atoms with E-state index in [9.17, 15) is 4.79 Å². The number of carbonyl (C=O) groups excluding carboxylic acids is 1. The molecule has 0 aliphatic heterocycles. The SMILES string of the molecule is Cc1nn(C)c2c1C(NC(=O)Cc1cnc3c(C)cccn13)CCC2. The van der Waals surface area contributed by atoms with Gasteiger partial charge in [-0.05, 0) is 44.7 Å². The first-order valence-electron chi connectivity index (χ1n) is 8.78. The Balaban J connectivity index is 1.54. The Morgan fingerprint density at radius 2 is 2.24 bits per heavy atom. The minimum Gasteiger partial charge on any atom is -0.349 e. The van der Waals surface area contributed by atoms with E-state index >= 15 is 0 Å². The number of nitrogens with zero attached hydrogens (tertiary/aromatic N) is 4. The summed E-state index contributed by atoms with van der Waals surface area (Å²) in [4.78, 5) is 17.1. The zero-order chi connectivity index (χ0) is 17.6. The van der Waals surface area contributed by atoms with Gasteiger partial charge in [-0.3, -0.25) is 9.48 Å². The summed E-state index contributed by atoms with van der Waals surface area (Å²) in [6.07, 6.45) is 7.16. The summed E-state index contributed by atoms with van der Waals surface area (Å²) >= 11 is 0. The Morgan fingerprint density at radius 3 is 3.08 bits per heavy atom. The molecule has 0 fully saturated rings. The first kappa shape index (κ1) is 15.9. The van der Waals surface area contributed by atoms with E-state index in [-0.39, 0.29) is 11.9 Å². The second kappa shape index (κ2) is 6.02. The number of imidazole rings is 1. The van der Waals surface area contributed by atoms with Crippen molar-refractivity contribution in [1.29, 1.82) is 0 Å². The molecule has 4 rings (SSSR count). The van der Waals surface area contributed by atoms with E-state index in [1.54, 1.807) is 6.20 Å². The van der Waals surface area contributed by atoms with Gasteiger partial charge in [-0.1, -0.05) is 6.07 Å². The third-order valence-corrected chi connectivity index (χ3v) is 5.13. The number of carbonyl (C=O) groups is 1. The second-order valence-electron chi connectivity index (χ2n) is 6.89. The molecule has 3 heterocycles. The van der Waals surface area contributed by atoms with E-state index in [0.29, 0.717) is 6.42 Å². The molecular weight excluding hydrogens is 314 g/mol. The van der Waals surface area contributed by atoms with Crippen LogP contribution in [-0.2, 0) is 24.7 Å². The third-order valence-electron chi connectivity index (χ3n) is 5.13. The molecule has 0 saturated heterocycles. The van der Waals surface area contributed by atoms with Crippen molar-refractivity contribution in [3.05, 3.63) is 52.7 Å². The number of aromatic nitrogens is 4. The molecule has 0 aromatic carbocycles. The van der Waals surface area contributed by atoms with Gasteiger partial charge in [0.2, 0.25) is 5.91 Å². The van der Waals surface area contributed by atoms with Crippen molar-refractivity contribution in [3.63, 3.8) is 0 Å². The van der Waals surface area contributed by atoms with Crippen LogP contribution >= 0.6 is 0 Å². The molecule has 130 valence electrons. The molecule has 1 amide bonds. The summed E-state index contributed by atoms with van der Waals surface area (Å²) < 4.78 is 3.95. The van der Waals surface area contributed by atoms with E-state index in [0.717, 1.165) is 41.9 Å². The van der Waals surface area contributed by atoms with Gasteiger partial charge in [0, 0.05) is 30.7 Å². The zero-order valence-electron chi connectivity index (χ0n) is 14.9. The fourth-order valence-electron chi connectivity index (χ4n) is 3.98. The number of aryl methyl sites for hydroxylation is 3.